The molecule has 0 heterocycles. The van der Waals surface area contributed by atoms with Gasteiger partial charge in [0.1, 0.15) is 0 Å². The lowest BCUT2D eigenvalue weighted by atomic mass is 10.1. The maximum absolute atomic E-state index is 10.8. The zero-order chi connectivity index (χ0) is 10.6. The van der Waals surface area contributed by atoms with E-state index in [1.54, 1.807) is 0 Å². The predicted molar refractivity (Wildman–Crippen MR) is 62.7 cm³/mol. The van der Waals surface area contributed by atoms with E-state index in [0.29, 0.717) is 15.4 Å². The first-order valence-electron chi connectivity index (χ1n) is 3.92. The minimum atomic E-state index is -0.919. The highest BCUT2D eigenvalue weighted by molar-refractivity contribution is 9.28. The second-order valence-electron chi connectivity index (χ2n) is 2.71. The lowest BCUT2D eigenvalue weighted by molar-refractivity contribution is -0.132. The van der Waals surface area contributed by atoms with E-state index in [9.17, 15) is 4.79 Å². The van der Waals surface area contributed by atoms with E-state index >= 15 is 0 Å². The maximum Gasteiger partial charge on any atom is 0.333 e. The normalized spacial score (nSPS) is 9.57. The lowest BCUT2D eigenvalue weighted by Crippen LogP contribution is -2.04. The molecule has 0 bridgehead atoms. The Morgan fingerprint density at radius 3 is 2.21 bits per heavy atom. The molecule has 0 amide bonds. The Bertz CT molecular complexity index is 354. The molecule has 0 atom stereocenters. The molecule has 1 aromatic rings. The molecule has 0 spiro atoms. The van der Waals surface area contributed by atoms with Gasteiger partial charge >= 0.3 is 5.97 Å². The van der Waals surface area contributed by atoms with Crippen LogP contribution >= 0.6 is 31.9 Å². The van der Waals surface area contributed by atoms with Crippen LogP contribution in [0.15, 0.2) is 39.3 Å². The van der Waals surface area contributed by atoms with E-state index in [4.69, 9.17) is 5.11 Å². The van der Waals surface area contributed by atoms with E-state index in [1.807, 2.05) is 30.3 Å². The Hall–Kier alpha value is -0.610. The molecule has 0 saturated carbocycles. The van der Waals surface area contributed by atoms with Crippen molar-refractivity contribution in [3.63, 3.8) is 0 Å². The Morgan fingerprint density at radius 2 is 1.79 bits per heavy atom. The molecule has 0 aromatic heterocycles. The van der Waals surface area contributed by atoms with Crippen LogP contribution in [-0.2, 0) is 11.2 Å². The van der Waals surface area contributed by atoms with Gasteiger partial charge in [0.25, 0.3) is 0 Å². The number of halogens is 2. The van der Waals surface area contributed by atoms with Crippen molar-refractivity contribution in [3.8, 4) is 0 Å². The van der Waals surface area contributed by atoms with Crippen LogP contribution in [0.4, 0.5) is 0 Å². The summed E-state index contributed by atoms with van der Waals surface area (Å²) in [6, 6.07) is 9.46. The second kappa shape index (κ2) is 5.32. The molecule has 0 fully saturated rings. The molecule has 0 unspecified atom stereocenters. The molecular weight excluding hydrogens is 312 g/mol. The zero-order valence-corrected chi connectivity index (χ0v) is 10.4. The first-order chi connectivity index (χ1) is 6.61. The first kappa shape index (κ1) is 11.5. The SMILES string of the molecule is O=C(O)C(Cc1ccccc1)=C(Br)Br. The fraction of sp³-hybridized carbons (Fsp3) is 0.100. The van der Waals surface area contributed by atoms with E-state index < -0.39 is 5.97 Å². The zero-order valence-electron chi connectivity index (χ0n) is 7.21. The van der Waals surface area contributed by atoms with Crippen molar-refractivity contribution in [3.05, 3.63) is 44.9 Å². The van der Waals surface area contributed by atoms with Crippen molar-refractivity contribution in [1.29, 1.82) is 0 Å². The molecule has 74 valence electrons. The third-order valence-electron chi connectivity index (χ3n) is 1.71. The summed E-state index contributed by atoms with van der Waals surface area (Å²) < 4.78 is 0.487. The van der Waals surface area contributed by atoms with E-state index in [2.05, 4.69) is 31.9 Å². The molecule has 0 saturated heterocycles. The van der Waals surface area contributed by atoms with Crippen molar-refractivity contribution >= 4 is 37.8 Å². The van der Waals surface area contributed by atoms with Crippen LogP contribution in [-0.4, -0.2) is 11.1 Å². The van der Waals surface area contributed by atoms with Gasteiger partial charge in [0.05, 0.1) is 8.96 Å². The van der Waals surface area contributed by atoms with Gasteiger partial charge in [0.2, 0.25) is 0 Å². The molecule has 0 aliphatic heterocycles. The fourth-order valence-electron chi connectivity index (χ4n) is 1.02. The van der Waals surface area contributed by atoms with E-state index in [1.165, 1.54) is 0 Å². The summed E-state index contributed by atoms with van der Waals surface area (Å²) >= 11 is 6.23. The van der Waals surface area contributed by atoms with Gasteiger partial charge in [-0.3, -0.25) is 0 Å². The van der Waals surface area contributed by atoms with Crippen molar-refractivity contribution in [1.82, 2.24) is 0 Å². The monoisotopic (exact) mass is 318 g/mol. The quantitative estimate of drug-likeness (QED) is 0.868. The number of carboxylic acid groups (broad SMARTS) is 1. The molecule has 1 aromatic carbocycles. The molecule has 14 heavy (non-hydrogen) atoms. The molecular formula is C10H8Br2O2. The Balaban J connectivity index is 2.87. The average Bonchev–Trinajstić information content (AvgIpc) is 2.15. The van der Waals surface area contributed by atoms with Crippen LogP contribution in [0.25, 0.3) is 0 Å². The Kier molecular flexibility index (Phi) is 4.35. The first-order valence-corrected chi connectivity index (χ1v) is 5.51. The molecule has 2 nitrogen and oxygen atoms in total. The average molecular weight is 320 g/mol. The maximum atomic E-state index is 10.8. The number of carbonyl (C=O) groups is 1. The summed E-state index contributed by atoms with van der Waals surface area (Å²) in [6.07, 6.45) is 0.405. The fourth-order valence-corrected chi connectivity index (χ4v) is 1.64. The van der Waals surface area contributed by atoms with Gasteiger partial charge in [-0.1, -0.05) is 30.3 Å². The molecule has 0 aliphatic carbocycles. The number of aliphatic carboxylic acids is 1. The third-order valence-corrected chi connectivity index (χ3v) is 2.67. The van der Waals surface area contributed by atoms with Gasteiger partial charge in [0.15, 0.2) is 0 Å². The summed E-state index contributed by atoms with van der Waals surface area (Å²) in [5.74, 6) is -0.919. The number of benzene rings is 1. The number of hydrogen-bond acceptors (Lipinski definition) is 1. The highest BCUT2D eigenvalue weighted by Gasteiger charge is 2.11. The van der Waals surface area contributed by atoms with Crippen LogP contribution in [0, 0.1) is 0 Å². The standard InChI is InChI=1S/C10H8Br2O2/c11-9(12)8(10(13)14)6-7-4-2-1-3-5-7/h1-5H,6H2,(H,13,14). The van der Waals surface area contributed by atoms with Crippen molar-refractivity contribution in [2.45, 2.75) is 6.42 Å². The summed E-state index contributed by atoms with van der Waals surface area (Å²) in [7, 11) is 0. The van der Waals surface area contributed by atoms with Gasteiger partial charge in [-0.15, -0.1) is 0 Å². The Labute approximate surface area is 98.9 Å². The lowest BCUT2D eigenvalue weighted by Gasteiger charge is -2.02. The van der Waals surface area contributed by atoms with Crippen LogP contribution < -0.4 is 0 Å². The highest BCUT2D eigenvalue weighted by Crippen LogP contribution is 2.22. The Morgan fingerprint density at radius 1 is 1.21 bits per heavy atom. The molecule has 1 N–H and O–H groups in total. The third kappa shape index (κ3) is 3.27. The number of rotatable bonds is 3. The number of hydrogen-bond donors (Lipinski definition) is 1. The van der Waals surface area contributed by atoms with Gasteiger partial charge in [-0.25, -0.2) is 4.79 Å². The second-order valence-corrected chi connectivity index (χ2v) is 5.36. The smallest absolute Gasteiger partial charge is 0.333 e. The molecule has 4 heteroatoms. The highest BCUT2D eigenvalue weighted by atomic mass is 79.9. The molecule has 0 radical (unpaired) electrons. The summed E-state index contributed by atoms with van der Waals surface area (Å²) in [4.78, 5) is 10.8. The van der Waals surface area contributed by atoms with Gasteiger partial charge < -0.3 is 5.11 Å². The predicted octanol–water partition coefficient (Wildman–Crippen LogP) is 3.32. The largest absolute Gasteiger partial charge is 0.478 e. The number of carboxylic acids is 1. The summed E-state index contributed by atoms with van der Waals surface area (Å²) in [6.45, 7) is 0. The van der Waals surface area contributed by atoms with E-state index in [-0.39, 0.29) is 0 Å². The summed E-state index contributed by atoms with van der Waals surface area (Å²) in [5, 5.41) is 8.89. The minimum absolute atomic E-state index is 0.316. The molecule has 1 rings (SSSR count). The van der Waals surface area contributed by atoms with Crippen LogP contribution in [0.3, 0.4) is 0 Å². The van der Waals surface area contributed by atoms with Crippen molar-refractivity contribution < 1.29 is 9.90 Å². The van der Waals surface area contributed by atoms with Crippen LogP contribution in [0.5, 0.6) is 0 Å². The van der Waals surface area contributed by atoms with E-state index in [0.717, 1.165) is 5.56 Å². The van der Waals surface area contributed by atoms with Gasteiger partial charge in [0, 0.05) is 6.42 Å². The topological polar surface area (TPSA) is 37.3 Å². The van der Waals surface area contributed by atoms with Crippen molar-refractivity contribution in [2.24, 2.45) is 0 Å². The van der Waals surface area contributed by atoms with Crippen LogP contribution in [0.2, 0.25) is 0 Å². The van der Waals surface area contributed by atoms with Crippen molar-refractivity contribution in [2.75, 3.05) is 0 Å². The van der Waals surface area contributed by atoms with Crippen LogP contribution in [0.1, 0.15) is 5.56 Å². The summed E-state index contributed by atoms with van der Waals surface area (Å²) in [5.41, 5.74) is 1.29. The van der Waals surface area contributed by atoms with Gasteiger partial charge in [-0.05, 0) is 37.4 Å². The van der Waals surface area contributed by atoms with Gasteiger partial charge in [-0.2, -0.15) is 0 Å². The molecule has 0 aliphatic rings. The minimum Gasteiger partial charge on any atom is -0.478 e.